The Labute approximate surface area is 460 Å². The summed E-state index contributed by atoms with van der Waals surface area (Å²) in [4.78, 5) is 12.2. The maximum Gasteiger partial charge on any atom is 0.189 e. The number of methoxy groups -OCH3 is 1. The molecule has 0 fully saturated rings. The Balaban J connectivity index is 0.000000126. The van der Waals surface area contributed by atoms with E-state index in [-0.39, 0.29) is 0 Å². The maximum atomic E-state index is 7.12. The first-order chi connectivity index (χ1) is 38.0. The lowest BCUT2D eigenvalue weighted by Crippen LogP contribution is -2.09. The second-order valence-electron chi connectivity index (χ2n) is 19.3. The van der Waals surface area contributed by atoms with Gasteiger partial charge in [-0.2, -0.15) is 0 Å². The first-order valence-electron chi connectivity index (χ1n) is 26.2. The zero-order valence-corrected chi connectivity index (χ0v) is 45.5. The van der Waals surface area contributed by atoms with Gasteiger partial charge in [0.2, 0.25) is 0 Å². The van der Waals surface area contributed by atoms with Crippen molar-refractivity contribution in [3.05, 3.63) is 289 Å². The summed E-state index contributed by atoms with van der Waals surface area (Å²) < 4.78 is 5.19. The van der Waals surface area contributed by atoms with Crippen molar-refractivity contribution in [3.8, 4) is 5.75 Å². The normalized spacial score (nSPS) is 10.5. The largest absolute Gasteiger partial charge is 0.497 e. The van der Waals surface area contributed by atoms with Crippen LogP contribution in [0.1, 0.15) is 11.1 Å². The smallest absolute Gasteiger partial charge is 0.189 e. The highest BCUT2D eigenvalue weighted by Gasteiger charge is 2.10. The predicted octanol–water partition coefficient (Wildman–Crippen LogP) is 19.6. The van der Waals surface area contributed by atoms with Crippen LogP contribution in [0.15, 0.2) is 267 Å². The van der Waals surface area contributed by atoms with Crippen molar-refractivity contribution in [3.63, 3.8) is 0 Å². The average Bonchev–Trinajstić information content (AvgIpc) is 3.54. The van der Waals surface area contributed by atoms with Crippen molar-refractivity contribution >= 4 is 94.3 Å². The Hall–Kier alpha value is -9.83. The van der Waals surface area contributed by atoms with E-state index in [2.05, 4.69) is 284 Å². The zero-order valence-electron chi connectivity index (χ0n) is 45.5. The third-order valence-electron chi connectivity index (χ3n) is 14.1. The van der Waals surface area contributed by atoms with E-state index in [1.165, 1.54) is 82.7 Å². The molecule has 0 aliphatic carbocycles. The number of fused-ring (bicyclic) bond motifs is 4. The summed E-state index contributed by atoms with van der Waals surface area (Å²) in [6.07, 6.45) is 0. The third kappa shape index (κ3) is 13.0. The van der Waals surface area contributed by atoms with Crippen LogP contribution in [0.5, 0.6) is 5.75 Å². The zero-order chi connectivity index (χ0) is 54.4. The Morgan fingerprint density at radius 3 is 1.18 bits per heavy atom. The van der Waals surface area contributed by atoms with Crippen LogP contribution in [-0.4, -0.2) is 35.3 Å². The van der Waals surface area contributed by atoms with Gasteiger partial charge in [-0.15, -0.1) is 0 Å². The van der Waals surface area contributed by atoms with E-state index in [1.54, 1.807) is 7.11 Å². The average molecular weight is 1020 g/mol. The van der Waals surface area contributed by atoms with Crippen LogP contribution in [0.3, 0.4) is 0 Å². The van der Waals surface area contributed by atoms with Crippen LogP contribution >= 0.6 is 0 Å². The second kappa shape index (κ2) is 25.1. The monoisotopic (exact) mass is 1020 g/mol. The standard InChI is InChI=1S/C18H14N2.C18H17NO.2C18H17N/c1-19-15-9-6-10-16(13-15)20(2)18-12-5-8-14-7-3-4-11-17(14)18;1-19(16-9-11-18(20-2)12-10-16)17-8-7-14-5-3-4-6-15(14)13-17;1-14-6-5-9-17(12-14)19(2)18-11-10-15-7-3-4-8-16(15)13-18;1-14-7-10-17(11-8-14)19(2)18-12-9-15-5-3-4-6-16(15)13-18/h3-13H,2H3;3-13H,1-2H3;2*3-13H,1-2H3. The molecule has 384 valence electrons. The summed E-state index contributed by atoms with van der Waals surface area (Å²) in [5.74, 6) is 0.876. The SMILES string of the molecule is COc1ccc(N(C)c2ccc3ccccc3c2)cc1.Cc1ccc(N(C)c2ccc3ccccc3c2)cc1.Cc1cccc(N(C)c2ccc3ccccc3c2)c1.[C-]#[N+]c1cccc(N(C)c2cccc3ccccc23)c1. The molecule has 0 heterocycles. The minimum absolute atomic E-state index is 0.662. The van der Waals surface area contributed by atoms with Crippen molar-refractivity contribution in [1.29, 1.82) is 0 Å². The van der Waals surface area contributed by atoms with Gasteiger partial charge in [0.05, 0.1) is 13.7 Å². The minimum atomic E-state index is 0.662. The van der Waals surface area contributed by atoms with E-state index in [0.717, 1.165) is 22.8 Å². The van der Waals surface area contributed by atoms with Crippen LogP contribution in [0.4, 0.5) is 51.2 Å². The van der Waals surface area contributed by atoms with Crippen molar-refractivity contribution in [2.75, 3.05) is 54.9 Å². The molecule has 0 aliphatic heterocycles. The molecular formula is C72H65N5O. The van der Waals surface area contributed by atoms with Gasteiger partial charge in [-0.05, 0) is 160 Å². The van der Waals surface area contributed by atoms with Gasteiger partial charge in [-0.25, -0.2) is 4.85 Å². The first kappa shape index (κ1) is 53.0. The molecule has 0 bridgehead atoms. The fourth-order valence-corrected chi connectivity index (χ4v) is 9.43. The van der Waals surface area contributed by atoms with Gasteiger partial charge in [0.25, 0.3) is 0 Å². The fraction of sp³-hybridized carbons (Fsp3) is 0.0972. The summed E-state index contributed by atoms with van der Waals surface area (Å²) in [5, 5.41) is 10.1. The molecule has 0 saturated carbocycles. The van der Waals surface area contributed by atoms with Gasteiger partial charge >= 0.3 is 0 Å². The number of nitrogens with zero attached hydrogens (tertiary/aromatic N) is 5. The van der Waals surface area contributed by atoms with Gasteiger partial charge in [-0.3, -0.25) is 0 Å². The van der Waals surface area contributed by atoms with Crippen molar-refractivity contribution in [2.24, 2.45) is 0 Å². The molecule has 0 aromatic heterocycles. The highest BCUT2D eigenvalue weighted by Crippen LogP contribution is 2.34. The van der Waals surface area contributed by atoms with Crippen LogP contribution in [-0.2, 0) is 0 Å². The lowest BCUT2D eigenvalue weighted by molar-refractivity contribution is 0.415. The summed E-state index contributed by atoms with van der Waals surface area (Å²) in [6, 6.07) is 92.5. The van der Waals surface area contributed by atoms with Gasteiger partial charge in [-0.1, -0.05) is 169 Å². The summed E-state index contributed by atoms with van der Waals surface area (Å²) >= 11 is 0. The summed E-state index contributed by atoms with van der Waals surface area (Å²) in [5.41, 5.74) is 12.6. The van der Waals surface area contributed by atoms with Crippen LogP contribution in [0.25, 0.3) is 47.9 Å². The van der Waals surface area contributed by atoms with E-state index >= 15 is 0 Å². The maximum absolute atomic E-state index is 7.12. The number of benzene rings is 12. The first-order valence-corrected chi connectivity index (χ1v) is 26.2. The summed E-state index contributed by atoms with van der Waals surface area (Å²) in [7, 11) is 10.0. The third-order valence-corrected chi connectivity index (χ3v) is 14.1. The molecule has 6 nitrogen and oxygen atoms in total. The van der Waals surface area contributed by atoms with Crippen molar-refractivity contribution < 1.29 is 4.74 Å². The van der Waals surface area contributed by atoms with Gasteiger partial charge in [0.1, 0.15) is 5.75 Å². The van der Waals surface area contributed by atoms with E-state index < -0.39 is 0 Å². The molecule has 0 radical (unpaired) electrons. The summed E-state index contributed by atoms with van der Waals surface area (Å²) in [6.45, 7) is 11.4. The van der Waals surface area contributed by atoms with Crippen LogP contribution < -0.4 is 24.3 Å². The fourth-order valence-electron chi connectivity index (χ4n) is 9.43. The van der Waals surface area contributed by atoms with Gasteiger partial charge in [0, 0.05) is 79.1 Å². The van der Waals surface area contributed by atoms with Crippen LogP contribution in [0, 0.1) is 20.4 Å². The van der Waals surface area contributed by atoms with E-state index in [1.807, 2.05) is 49.5 Å². The highest BCUT2D eigenvalue weighted by molar-refractivity contribution is 5.96. The quantitative estimate of drug-likeness (QED) is 0.134. The molecule has 0 amide bonds. The Bertz CT molecular complexity index is 3970. The molecule has 12 rings (SSSR count). The highest BCUT2D eigenvalue weighted by atomic mass is 16.5. The molecule has 78 heavy (non-hydrogen) atoms. The molecule has 12 aromatic rings. The number of aryl methyl sites for hydroxylation is 2. The number of hydrogen-bond donors (Lipinski definition) is 0. The van der Waals surface area contributed by atoms with Crippen molar-refractivity contribution in [2.45, 2.75) is 13.8 Å². The predicted molar refractivity (Wildman–Crippen MR) is 336 cm³/mol. The lowest BCUT2D eigenvalue weighted by Gasteiger charge is -2.21. The Morgan fingerprint density at radius 1 is 0.308 bits per heavy atom. The lowest BCUT2D eigenvalue weighted by atomic mass is 10.1. The number of rotatable bonds is 9. The van der Waals surface area contributed by atoms with Gasteiger partial charge in [0.15, 0.2) is 5.69 Å². The molecule has 12 aromatic carbocycles. The molecule has 0 unspecified atom stereocenters. The second-order valence-corrected chi connectivity index (χ2v) is 19.3. The number of hydrogen-bond acceptors (Lipinski definition) is 5. The van der Waals surface area contributed by atoms with E-state index in [4.69, 9.17) is 11.3 Å². The molecule has 0 N–H and O–H groups in total. The van der Waals surface area contributed by atoms with Gasteiger partial charge < -0.3 is 24.3 Å². The molecule has 0 atom stereocenters. The number of ether oxygens (including phenoxy) is 1. The molecular weight excluding hydrogens is 951 g/mol. The molecule has 0 spiro atoms. The Morgan fingerprint density at radius 2 is 0.692 bits per heavy atom. The minimum Gasteiger partial charge on any atom is -0.497 e. The number of anilines is 8. The van der Waals surface area contributed by atoms with E-state index in [9.17, 15) is 0 Å². The molecule has 6 heteroatoms. The van der Waals surface area contributed by atoms with E-state index in [0.29, 0.717) is 5.69 Å². The van der Waals surface area contributed by atoms with Crippen molar-refractivity contribution in [1.82, 2.24) is 0 Å². The van der Waals surface area contributed by atoms with Crippen LogP contribution in [0.2, 0.25) is 0 Å². The molecule has 0 aliphatic rings. The molecule has 0 saturated heterocycles. The Kier molecular flexibility index (Phi) is 17.1. The topological polar surface area (TPSA) is 26.6 Å².